The van der Waals surface area contributed by atoms with Gasteiger partial charge < -0.3 is 5.32 Å². The van der Waals surface area contributed by atoms with Crippen molar-refractivity contribution in [3.63, 3.8) is 0 Å². The quantitative estimate of drug-likeness (QED) is 0.692. The summed E-state index contributed by atoms with van der Waals surface area (Å²) in [6, 6.07) is 0.585. The lowest BCUT2D eigenvalue weighted by Crippen LogP contribution is -2.39. The minimum absolute atomic E-state index is 0.161. The molecular formula is C11H24N2O2S. The zero-order valence-corrected chi connectivity index (χ0v) is 11.1. The maximum absolute atomic E-state index is 11.2. The van der Waals surface area contributed by atoms with Gasteiger partial charge in [-0.05, 0) is 38.5 Å². The Hall–Kier alpha value is -0.130. The summed E-state index contributed by atoms with van der Waals surface area (Å²) in [6.07, 6.45) is 5.03. The molecule has 16 heavy (non-hydrogen) atoms. The van der Waals surface area contributed by atoms with Gasteiger partial charge in [-0.3, -0.25) is 0 Å². The monoisotopic (exact) mass is 248 g/mol. The molecule has 1 saturated carbocycles. The van der Waals surface area contributed by atoms with Crippen molar-refractivity contribution in [2.24, 2.45) is 5.92 Å². The van der Waals surface area contributed by atoms with Gasteiger partial charge in [0.15, 0.2) is 0 Å². The molecule has 0 aromatic rings. The Bertz CT molecular complexity index is 282. The Balaban J connectivity index is 2.08. The molecule has 1 rings (SSSR count). The van der Waals surface area contributed by atoms with E-state index in [0.717, 1.165) is 12.5 Å². The maximum Gasteiger partial charge on any atom is 0.211 e. The van der Waals surface area contributed by atoms with Crippen LogP contribution in [0.1, 0.15) is 39.5 Å². The molecule has 96 valence electrons. The Morgan fingerprint density at radius 2 is 1.75 bits per heavy atom. The first kappa shape index (κ1) is 13.9. The molecule has 4 nitrogen and oxygen atoms in total. The predicted octanol–water partition coefficient (Wildman–Crippen LogP) is 1.09. The molecule has 1 aliphatic carbocycles. The van der Waals surface area contributed by atoms with E-state index in [4.69, 9.17) is 0 Å². The molecule has 0 spiro atoms. The molecular weight excluding hydrogens is 224 g/mol. The fourth-order valence-corrected chi connectivity index (χ4v) is 2.67. The Morgan fingerprint density at radius 3 is 2.31 bits per heavy atom. The number of nitrogens with one attached hydrogen (secondary N) is 2. The van der Waals surface area contributed by atoms with Crippen molar-refractivity contribution in [3.8, 4) is 0 Å². The van der Waals surface area contributed by atoms with E-state index in [0.29, 0.717) is 12.6 Å². The standard InChI is InChI=1S/C11H24N2O2S/c1-3-16(14,15)13-9-8-12-11-6-4-10(2)5-7-11/h10-13H,3-9H2,1-2H3. The Labute approximate surface area is 99.2 Å². The minimum atomic E-state index is -3.02. The van der Waals surface area contributed by atoms with Crippen LogP contribution < -0.4 is 10.0 Å². The van der Waals surface area contributed by atoms with Crippen molar-refractivity contribution < 1.29 is 8.42 Å². The fourth-order valence-electron chi connectivity index (χ4n) is 2.05. The van der Waals surface area contributed by atoms with Crippen LogP contribution in [-0.4, -0.2) is 33.3 Å². The first-order valence-electron chi connectivity index (χ1n) is 6.24. The zero-order valence-electron chi connectivity index (χ0n) is 10.3. The molecule has 0 saturated heterocycles. The van der Waals surface area contributed by atoms with Gasteiger partial charge in [0.05, 0.1) is 5.75 Å². The van der Waals surface area contributed by atoms with Gasteiger partial charge in [-0.15, -0.1) is 0 Å². The minimum Gasteiger partial charge on any atom is -0.313 e. The Morgan fingerprint density at radius 1 is 1.12 bits per heavy atom. The third kappa shape index (κ3) is 5.27. The van der Waals surface area contributed by atoms with E-state index in [1.165, 1.54) is 25.7 Å². The van der Waals surface area contributed by atoms with Crippen LogP contribution in [0.2, 0.25) is 0 Å². The second-order valence-electron chi connectivity index (χ2n) is 4.71. The van der Waals surface area contributed by atoms with Gasteiger partial charge in [-0.25, -0.2) is 13.1 Å². The summed E-state index contributed by atoms with van der Waals surface area (Å²) in [5, 5.41) is 3.41. The van der Waals surface area contributed by atoms with Crippen molar-refractivity contribution in [3.05, 3.63) is 0 Å². The summed E-state index contributed by atoms with van der Waals surface area (Å²) >= 11 is 0. The Kier molecular flexibility index (Phi) is 5.72. The van der Waals surface area contributed by atoms with Crippen LogP contribution in [0, 0.1) is 5.92 Å². The van der Waals surface area contributed by atoms with Crippen LogP contribution in [0.4, 0.5) is 0 Å². The van der Waals surface area contributed by atoms with Crippen LogP contribution in [-0.2, 0) is 10.0 Å². The second kappa shape index (κ2) is 6.57. The topological polar surface area (TPSA) is 58.2 Å². The van der Waals surface area contributed by atoms with Gasteiger partial charge in [-0.2, -0.15) is 0 Å². The third-order valence-electron chi connectivity index (χ3n) is 3.28. The average molecular weight is 248 g/mol. The summed E-state index contributed by atoms with van der Waals surface area (Å²) in [7, 11) is -3.02. The van der Waals surface area contributed by atoms with Crippen molar-refractivity contribution in [2.75, 3.05) is 18.8 Å². The average Bonchev–Trinajstić information content (AvgIpc) is 2.27. The highest BCUT2D eigenvalue weighted by Gasteiger charge is 2.17. The second-order valence-corrected chi connectivity index (χ2v) is 6.80. The van der Waals surface area contributed by atoms with Crippen molar-refractivity contribution in [1.29, 1.82) is 0 Å². The van der Waals surface area contributed by atoms with Crippen LogP contribution in [0.15, 0.2) is 0 Å². The number of hydrogen-bond acceptors (Lipinski definition) is 3. The summed E-state index contributed by atoms with van der Waals surface area (Å²) in [5.41, 5.74) is 0. The highest BCUT2D eigenvalue weighted by atomic mass is 32.2. The van der Waals surface area contributed by atoms with Crippen molar-refractivity contribution in [1.82, 2.24) is 10.0 Å². The van der Waals surface area contributed by atoms with Gasteiger partial charge in [0.1, 0.15) is 0 Å². The van der Waals surface area contributed by atoms with Crippen molar-refractivity contribution in [2.45, 2.75) is 45.6 Å². The van der Waals surface area contributed by atoms with Crippen LogP contribution in [0.3, 0.4) is 0 Å². The first-order chi connectivity index (χ1) is 7.53. The van der Waals surface area contributed by atoms with Gasteiger partial charge in [0.2, 0.25) is 10.0 Å². The molecule has 0 radical (unpaired) electrons. The maximum atomic E-state index is 11.2. The highest BCUT2D eigenvalue weighted by Crippen LogP contribution is 2.23. The van der Waals surface area contributed by atoms with E-state index in [1.807, 2.05) is 0 Å². The third-order valence-corrected chi connectivity index (χ3v) is 4.68. The smallest absolute Gasteiger partial charge is 0.211 e. The molecule has 0 amide bonds. The summed E-state index contributed by atoms with van der Waals surface area (Å²) in [4.78, 5) is 0. The molecule has 2 N–H and O–H groups in total. The highest BCUT2D eigenvalue weighted by molar-refractivity contribution is 7.89. The molecule has 5 heteroatoms. The van der Waals surface area contributed by atoms with Crippen LogP contribution in [0.25, 0.3) is 0 Å². The number of hydrogen-bond donors (Lipinski definition) is 2. The van der Waals surface area contributed by atoms with Crippen molar-refractivity contribution >= 4 is 10.0 Å². The van der Waals surface area contributed by atoms with Gasteiger partial charge in [-0.1, -0.05) is 6.92 Å². The molecule has 1 fully saturated rings. The number of rotatable bonds is 6. The molecule has 0 unspecified atom stereocenters. The van der Waals surface area contributed by atoms with E-state index in [-0.39, 0.29) is 5.75 Å². The lowest BCUT2D eigenvalue weighted by molar-refractivity contribution is 0.309. The van der Waals surface area contributed by atoms with E-state index in [1.54, 1.807) is 6.92 Å². The molecule has 0 aliphatic heterocycles. The molecule has 0 atom stereocenters. The molecule has 0 heterocycles. The molecule has 0 aromatic heterocycles. The van der Waals surface area contributed by atoms with Crippen LogP contribution >= 0.6 is 0 Å². The van der Waals surface area contributed by atoms with Gasteiger partial charge in [0, 0.05) is 19.1 Å². The summed E-state index contributed by atoms with van der Waals surface area (Å²) in [6.45, 7) is 5.18. The fraction of sp³-hybridized carbons (Fsp3) is 1.00. The summed E-state index contributed by atoms with van der Waals surface area (Å²) < 4.78 is 24.9. The van der Waals surface area contributed by atoms with Crippen LogP contribution in [0.5, 0.6) is 0 Å². The lowest BCUT2D eigenvalue weighted by Gasteiger charge is -2.27. The largest absolute Gasteiger partial charge is 0.313 e. The number of sulfonamides is 1. The van der Waals surface area contributed by atoms with E-state index in [2.05, 4.69) is 17.0 Å². The molecule has 1 aliphatic rings. The van der Waals surface area contributed by atoms with E-state index in [9.17, 15) is 8.42 Å². The predicted molar refractivity (Wildman–Crippen MR) is 66.9 cm³/mol. The SMILES string of the molecule is CCS(=O)(=O)NCCNC1CCC(C)CC1. The van der Waals surface area contributed by atoms with Gasteiger partial charge >= 0.3 is 0 Å². The first-order valence-corrected chi connectivity index (χ1v) is 7.89. The zero-order chi connectivity index (χ0) is 12.0. The summed E-state index contributed by atoms with van der Waals surface area (Å²) in [5.74, 6) is 1.02. The molecule has 0 aromatic carbocycles. The van der Waals surface area contributed by atoms with Gasteiger partial charge in [0.25, 0.3) is 0 Å². The van der Waals surface area contributed by atoms with E-state index < -0.39 is 10.0 Å². The molecule has 0 bridgehead atoms. The lowest BCUT2D eigenvalue weighted by atomic mass is 9.87. The normalized spacial score (nSPS) is 26.9. The van der Waals surface area contributed by atoms with E-state index >= 15 is 0 Å².